The van der Waals surface area contributed by atoms with E-state index in [1.807, 2.05) is 0 Å². The van der Waals surface area contributed by atoms with Gasteiger partial charge in [0.2, 0.25) is 0 Å². The molecule has 1 N–H and O–H groups in total. The summed E-state index contributed by atoms with van der Waals surface area (Å²) in [4.78, 5) is 11.7. The molecule has 0 heterocycles. The summed E-state index contributed by atoms with van der Waals surface area (Å²) in [5.41, 5.74) is 0.359. The van der Waals surface area contributed by atoms with Gasteiger partial charge in [-0.05, 0) is 54.6 Å². The summed E-state index contributed by atoms with van der Waals surface area (Å²) in [5.74, 6) is -1.48. The Bertz CT molecular complexity index is 631. The van der Waals surface area contributed by atoms with Gasteiger partial charge in [0, 0.05) is 11.1 Å². The number of ketones is 1. The van der Waals surface area contributed by atoms with Crippen molar-refractivity contribution >= 4 is 11.9 Å². The van der Waals surface area contributed by atoms with Crippen molar-refractivity contribution in [1.82, 2.24) is 0 Å². The number of carbonyl (C=O) groups is 1. The van der Waals surface area contributed by atoms with Crippen LogP contribution < -0.4 is 0 Å². The molecule has 0 aliphatic heterocycles. The Morgan fingerprint density at radius 3 is 2.42 bits per heavy atom. The van der Waals surface area contributed by atoms with Crippen molar-refractivity contribution in [1.29, 1.82) is 0 Å². The molecule has 0 bridgehead atoms. The number of rotatable bonds is 3. The standard InChI is InChI=1S/C15H10F2O2/c16-12-4-7-14(17)11(9-12)3-8-15(19)10-1-5-13(18)6-2-10/h1-9,18H/b8-3+. The number of allylic oxidation sites excluding steroid dienone is 1. The molecule has 2 aromatic rings. The molecule has 0 unspecified atom stereocenters. The van der Waals surface area contributed by atoms with Crippen molar-refractivity contribution in [3.8, 4) is 5.75 Å². The third-order valence-electron chi connectivity index (χ3n) is 2.52. The molecule has 0 fully saturated rings. The fourth-order valence-electron chi connectivity index (χ4n) is 1.53. The van der Waals surface area contributed by atoms with Crippen molar-refractivity contribution in [3.05, 3.63) is 71.3 Å². The van der Waals surface area contributed by atoms with Gasteiger partial charge in [0.25, 0.3) is 0 Å². The monoisotopic (exact) mass is 260 g/mol. The average Bonchev–Trinajstić information content (AvgIpc) is 2.40. The molecule has 0 aromatic heterocycles. The van der Waals surface area contributed by atoms with Gasteiger partial charge in [0.1, 0.15) is 17.4 Å². The van der Waals surface area contributed by atoms with Gasteiger partial charge < -0.3 is 5.11 Å². The highest BCUT2D eigenvalue weighted by Crippen LogP contribution is 2.14. The Kier molecular flexibility index (Phi) is 3.71. The third kappa shape index (κ3) is 3.25. The maximum Gasteiger partial charge on any atom is 0.185 e. The van der Waals surface area contributed by atoms with Gasteiger partial charge in [-0.1, -0.05) is 0 Å². The highest BCUT2D eigenvalue weighted by Gasteiger charge is 2.04. The first-order chi connectivity index (χ1) is 9.06. The molecule has 19 heavy (non-hydrogen) atoms. The number of phenolic OH excluding ortho intramolecular Hbond substituents is 1. The molecule has 2 nitrogen and oxygen atoms in total. The van der Waals surface area contributed by atoms with Gasteiger partial charge >= 0.3 is 0 Å². The molecule has 0 radical (unpaired) electrons. The van der Waals surface area contributed by atoms with Crippen LogP contribution in [0.1, 0.15) is 15.9 Å². The van der Waals surface area contributed by atoms with Gasteiger partial charge in [-0.25, -0.2) is 8.78 Å². The molecule has 2 aromatic carbocycles. The van der Waals surface area contributed by atoms with Crippen molar-refractivity contribution in [2.24, 2.45) is 0 Å². The Morgan fingerprint density at radius 2 is 1.74 bits per heavy atom. The number of hydrogen-bond acceptors (Lipinski definition) is 2. The lowest BCUT2D eigenvalue weighted by atomic mass is 10.1. The molecule has 4 heteroatoms. The first-order valence-corrected chi connectivity index (χ1v) is 5.53. The van der Waals surface area contributed by atoms with Crippen molar-refractivity contribution in [2.45, 2.75) is 0 Å². The fraction of sp³-hybridized carbons (Fsp3) is 0. The highest BCUT2D eigenvalue weighted by atomic mass is 19.1. The van der Waals surface area contributed by atoms with E-state index < -0.39 is 11.6 Å². The van der Waals surface area contributed by atoms with Crippen LogP contribution in [0.2, 0.25) is 0 Å². The van der Waals surface area contributed by atoms with Gasteiger partial charge in [-0.2, -0.15) is 0 Å². The molecule has 2 rings (SSSR count). The van der Waals surface area contributed by atoms with Gasteiger partial charge in [0.15, 0.2) is 5.78 Å². The minimum atomic E-state index is -0.601. The van der Waals surface area contributed by atoms with E-state index in [-0.39, 0.29) is 17.1 Å². The van der Waals surface area contributed by atoms with E-state index >= 15 is 0 Å². The van der Waals surface area contributed by atoms with Crippen molar-refractivity contribution in [3.63, 3.8) is 0 Å². The zero-order valence-corrected chi connectivity index (χ0v) is 9.81. The molecule has 0 saturated heterocycles. The van der Waals surface area contributed by atoms with Crippen LogP contribution in [-0.4, -0.2) is 10.9 Å². The zero-order valence-electron chi connectivity index (χ0n) is 9.81. The number of hydrogen-bond donors (Lipinski definition) is 1. The highest BCUT2D eigenvalue weighted by molar-refractivity contribution is 6.06. The van der Waals surface area contributed by atoms with E-state index in [1.54, 1.807) is 0 Å². The van der Waals surface area contributed by atoms with E-state index in [1.165, 1.54) is 30.3 Å². The van der Waals surface area contributed by atoms with E-state index in [2.05, 4.69) is 0 Å². The summed E-state index contributed by atoms with van der Waals surface area (Å²) in [6.07, 6.45) is 2.37. The molecular weight excluding hydrogens is 250 g/mol. The summed E-state index contributed by atoms with van der Waals surface area (Å²) in [6, 6.07) is 8.67. The number of phenols is 1. The van der Waals surface area contributed by atoms with Gasteiger partial charge in [0.05, 0.1) is 0 Å². The second-order valence-electron chi connectivity index (χ2n) is 3.91. The quantitative estimate of drug-likeness (QED) is 0.676. The molecule has 0 aliphatic carbocycles. The van der Waals surface area contributed by atoms with Crippen LogP contribution in [0.3, 0.4) is 0 Å². The SMILES string of the molecule is O=C(/C=C/c1cc(F)ccc1F)c1ccc(O)cc1. The number of benzene rings is 2. The fourth-order valence-corrected chi connectivity index (χ4v) is 1.53. The van der Waals surface area contributed by atoms with Crippen LogP contribution in [0.4, 0.5) is 8.78 Å². The van der Waals surface area contributed by atoms with Gasteiger partial charge in [-0.15, -0.1) is 0 Å². The van der Waals surface area contributed by atoms with E-state index in [0.717, 1.165) is 24.3 Å². The molecule has 96 valence electrons. The van der Waals surface area contributed by atoms with E-state index in [0.29, 0.717) is 5.56 Å². The Hall–Kier alpha value is -2.49. The van der Waals surface area contributed by atoms with Gasteiger partial charge in [-0.3, -0.25) is 4.79 Å². The van der Waals surface area contributed by atoms with E-state index in [4.69, 9.17) is 5.11 Å². The Balaban J connectivity index is 2.20. The maximum absolute atomic E-state index is 13.3. The van der Waals surface area contributed by atoms with Crippen LogP contribution in [0, 0.1) is 11.6 Å². The second-order valence-corrected chi connectivity index (χ2v) is 3.91. The Morgan fingerprint density at radius 1 is 1.05 bits per heavy atom. The predicted molar refractivity (Wildman–Crippen MR) is 67.8 cm³/mol. The number of aromatic hydroxyl groups is 1. The van der Waals surface area contributed by atoms with Crippen molar-refractivity contribution < 1.29 is 18.7 Å². The average molecular weight is 260 g/mol. The molecule has 0 saturated carbocycles. The number of halogens is 2. The van der Waals surface area contributed by atoms with Crippen molar-refractivity contribution in [2.75, 3.05) is 0 Å². The largest absolute Gasteiger partial charge is 0.508 e. The number of carbonyl (C=O) groups excluding carboxylic acids is 1. The molecule has 0 amide bonds. The summed E-state index contributed by atoms with van der Waals surface area (Å²) < 4.78 is 26.2. The lowest BCUT2D eigenvalue weighted by Gasteiger charge is -1.98. The second kappa shape index (κ2) is 5.44. The summed E-state index contributed by atoms with van der Waals surface area (Å²) in [6.45, 7) is 0. The van der Waals surface area contributed by atoms with Crippen LogP contribution in [-0.2, 0) is 0 Å². The van der Waals surface area contributed by atoms with Crippen LogP contribution in [0.15, 0.2) is 48.5 Å². The predicted octanol–water partition coefficient (Wildman–Crippen LogP) is 3.57. The lowest BCUT2D eigenvalue weighted by Crippen LogP contribution is -1.93. The summed E-state index contributed by atoms with van der Waals surface area (Å²) in [5, 5.41) is 9.09. The normalized spacial score (nSPS) is 10.8. The molecule has 0 atom stereocenters. The minimum absolute atomic E-state index is 0.00660. The minimum Gasteiger partial charge on any atom is -0.508 e. The first kappa shape index (κ1) is 13.0. The summed E-state index contributed by atoms with van der Waals surface area (Å²) in [7, 11) is 0. The van der Waals surface area contributed by atoms with Crippen LogP contribution in [0.5, 0.6) is 5.75 Å². The smallest absolute Gasteiger partial charge is 0.185 e. The molecular formula is C15H10F2O2. The zero-order chi connectivity index (χ0) is 13.8. The topological polar surface area (TPSA) is 37.3 Å². The lowest BCUT2D eigenvalue weighted by molar-refractivity contribution is 0.104. The van der Waals surface area contributed by atoms with Crippen LogP contribution in [0.25, 0.3) is 6.08 Å². The third-order valence-corrected chi connectivity index (χ3v) is 2.52. The summed E-state index contributed by atoms with van der Waals surface area (Å²) >= 11 is 0. The molecule has 0 spiro atoms. The molecule has 0 aliphatic rings. The Labute approximate surface area is 108 Å². The first-order valence-electron chi connectivity index (χ1n) is 5.53. The van der Waals surface area contributed by atoms with E-state index in [9.17, 15) is 13.6 Å². The maximum atomic E-state index is 13.3. The van der Waals surface area contributed by atoms with Crippen LogP contribution >= 0.6 is 0 Å².